The van der Waals surface area contributed by atoms with Crippen molar-refractivity contribution in [3.05, 3.63) is 45.0 Å². The van der Waals surface area contributed by atoms with Crippen LogP contribution in [0.15, 0.2) is 16.9 Å². The molecule has 1 aliphatic carbocycles. The lowest BCUT2D eigenvalue weighted by atomic mass is 10.2. The van der Waals surface area contributed by atoms with Crippen molar-refractivity contribution in [1.82, 2.24) is 20.0 Å². The molecule has 0 aromatic carbocycles. The van der Waals surface area contributed by atoms with Gasteiger partial charge in [0.2, 0.25) is 0 Å². The Kier molecular flexibility index (Phi) is 4.19. The van der Waals surface area contributed by atoms with Crippen LogP contribution in [0, 0.1) is 0 Å². The number of aromatic nitrogens is 4. The number of fused-ring (bicyclic) bond motifs is 2. The number of hydrogen-bond acceptors (Lipinski definition) is 6. The Morgan fingerprint density at radius 3 is 3.00 bits per heavy atom. The first-order valence-electron chi connectivity index (χ1n) is 9.58. The Balaban J connectivity index is 1.40. The van der Waals surface area contributed by atoms with E-state index in [9.17, 15) is 4.79 Å². The fraction of sp³-hybridized carbons (Fsp3) is 0.579. The van der Waals surface area contributed by atoms with Gasteiger partial charge in [0.25, 0.3) is 5.56 Å². The summed E-state index contributed by atoms with van der Waals surface area (Å²) in [6.45, 7) is 1.62. The zero-order valence-corrected chi connectivity index (χ0v) is 15.7. The lowest BCUT2D eigenvalue weighted by Gasteiger charge is -2.26. The Labute approximate surface area is 157 Å². The maximum Gasteiger partial charge on any atom is 0.267 e. The highest BCUT2D eigenvalue weighted by atomic mass is 32.2. The van der Waals surface area contributed by atoms with Crippen LogP contribution in [0.3, 0.4) is 0 Å². The van der Waals surface area contributed by atoms with Gasteiger partial charge in [0, 0.05) is 24.8 Å². The van der Waals surface area contributed by atoms with Crippen LogP contribution in [0.5, 0.6) is 0 Å². The lowest BCUT2D eigenvalue weighted by molar-refractivity contribution is 0.479. The molecule has 2 aromatic heterocycles. The summed E-state index contributed by atoms with van der Waals surface area (Å²) < 4.78 is 1.68. The summed E-state index contributed by atoms with van der Waals surface area (Å²) >= 11 is 1.88. The summed E-state index contributed by atoms with van der Waals surface area (Å²) in [5, 5.41) is 13.6. The number of thioether (sulfide) groups is 1. The van der Waals surface area contributed by atoms with E-state index in [1.807, 2.05) is 11.8 Å². The van der Waals surface area contributed by atoms with E-state index in [1.54, 1.807) is 10.7 Å². The molecule has 1 saturated heterocycles. The van der Waals surface area contributed by atoms with Crippen molar-refractivity contribution >= 4 is 17.6 Å². The molecule has 3 aliphatic rings. The minimum Gasteiger partial charge on any atom is -0.350 e. The molecule has 5 rings (SSSR count). The highest BCUT2D eigenvalue weighted by Gasteiger charge is 2.28. The normalized spacial score (nSPS) is 21.7. The van der Waals surface area contributed by atoms with E-state index in [0.29, 0.717) is 6.54 Å². The minimum absolute atomic E-state index is 0.0261. The zero-order chi connectivity index (χ0) is 17.5. The van der Waals surface area contributed by atoms with Gasteiger partial charge in [0.15, 0.2) is 5.82 Å². The second-order valence-electron chi connectivity index (χ2n) is 7.46. The molecule has 0 saturated carbocycles. The van der Waals surface area contributed by atoms with Gasteiger partial charge < -0.3 is 4.90 Å². The fourth-order valence-corrected chi connectivity index (χ4v) is 5.32. The van der Waals surface area contributed by atoms with Gasteiger partial charge in [-0.15, -0.1) is 5.10 Å². The molecular weight excluding hydrogens is 346 g/mol. The van der Waals surface area contributed by atoms with E-state index in [1.165, 1.54) is 12.0 Å². The Morgan fingerprint density at radius 1 is 1.08 bits per heavy atom. The molecule has 1 atom stereocenters. The molecule has 4 heterocycles. The van der Waals surface area contributed by atoms with Crippen LogP contribution >= 0.6 is 11.8 Å². The Morgan fingerprint density at radius 2 is 2.04 bits per heavy atom. The number of hydrogen-bond donors (Lipinski definition) is 0. The van der Waals surface area contributed by atoms with Gasteiger partial charge >= 0.3 is 0 Å². The third-order valence-corrected chi connectivity index (χ3v) is 6.77. The number of aryl methyl sites for hydroxylation is 3. The van der Waals surface area contributed by atoms with Crippen molar-refractivity contribution in [2.24, 2.45) is 0 Å². The number of nitrogens with zero attached hydrogens (tertiary/aromatic N) is 5. The minimum atomic E-state index is 0.0261. The van der Waals surface area contributed by atoms with Crippen molar-refractivity contribution in [3.8, 4) is 0 Å². The van der Waals surface area contributed by atoms with Crippen molar-refractivity contribution in [2.45, 2.75) is 56.9 Å². The van der Waals surface area contributed by atoms with Crippen molar-refractivity contribution in [2.75, 3.05) is 17.2 Å². The summed E-state index contributed by atoms with van der Waals surface area (Å²) in [5.41, 5.74) is 4.76. The number of anilines is 1. The summed E-state index contributed by atoms with van der Waals surface area (Å²) in [6.07, 6.45) is 6.51. The first kappa shape index (κ1) is 16.3. The van der Waals surface area contributed by atoms with Crippen LogP contribution in [-0.4, -0.2) is 38.3 Å². The van der Waals surface area contributed by atoms with E-state index >= 15 is 0 Å². The van der Waals surface area contributed by atoms with Crippen molar-refractivity contribution < 1.29 is 0 Å². The second kappa shape index (κ2) is 6.68. The largest absolute Gasteiger partial charge is 0.350 e. The zero-order valence-electron chi connectivity index (χ0n) is 14.9. The SMILES string of the molecule is O=c1cc2c(nn1CC1CCCN1c1cc3c(nn1)CCC3)CCSC2. The molecule has 0 bridgehead atoms. The van der Waals surface area contributed by atoms with Gasteiger partial charge in [-0.3, -0.25) is 4.79 Å². The van der Waals surface area contributed by atoms with Gasteiger partial charge in [0.1, 0.15) is 0 Å². The third-order valence-electron chi connectivity index (χ3n) is 5.77. The lowest BCUT2D eigenvalue weighted by Crippen LogP contribution is -2.38. The van der Waals surface area contributed by atoms with E-state index in [0.717, 1.165) is 72.9 Å². The van der Waals surface area contributed by atoms with Crippen LogP contribution in [0.2, 0.25) is 0 Å². The molecular formula is C19H23N5OS. The molecule has 2 aliphatic heterocycles. The predicted molar refractivity (Wildman–Crippen MR) is 103 cm³/mol. The van der Waals surface area contributed by atoms with Crippen molar-refractivity contribution in [1.29, 1.82) is 0 Å². The van der Waals surface area contributed by atoms with Crippen molar-refractivity contribution in [3.63, 3.8) is 0 Å². The molecule has 7 heteroatoms. The van der Waals surface area contributed by atoms with Gasteiger partial charge in [-0.05, 0) is 55.1 Å². The molecule has 0 radical (unpaired) electrons. The van der Waals surface area contributed by atoms with E-state index in [4.69, 9.17) is 5.10 Å². The van der Waals surface area contributed by atoms with Gasteiger partial charge in [-0.25, -0.2) is 4.68 Å². The van der Waals surface area contributed by atoms with Crippen LogP contribution in [0.4, 0.5) is 5.82 Å². The standard InChI is InChI=1S/C19H23N5OS/c25-19-10-14-12-26-8-6-17(14)22-24(19)11-15-4-2-7-23(15)18-9-13-3-1-5-16(13)20-21-18/h9-10,15H,1-8,11-12H2. The second-order valence-corrected chi connectivity index (χ2v) is 8.56. The van der Waals surface area contributed by atoms with E-state index in [2.05, 4.69) is 21.2 Å². The molecule has 0 spiro atoms. The van der Waals surface area contributed by atoms with Crippen LogP contribution in [-0.2, 0) is 31.6 Å². The Bertz CT molecular complexity index is 896. The van der Waals surface area contributed by atoms with Crippen LogP contribution in [0.25, 0.3) is 0 Å². The first-order chi connectivity index (χ1) is 12.8. The van der Waals surface area contributed by atoms with Gasteiger partial charge in [0.05, 0.1) is 24.0 Å². The van der Waals surface area contributed by atoms with Crippen LogP contribution < -0.4 is 10.5 Å². The Hall–Kier alpha value is -1.89. The average Bonchev–Trinajstić information content (AvgIpc) is 3.30. The quantitative estimate of drug-likeness (QED) is 0.824. The topological polar surface area (TPSA) is 63.9 Å². The maximum absolute atomic E-state index is 12.5. The first-order valence-corrected chi connectivity index (χ1v) is 10.7. The molecule has 6 nitrogen and oxygen atoms in total. The smallest absolute Gasteiger partial charge is 0.267 e. The highest BCUT2D eigenvalue weighted by Crippen LogP contribution is 2.28. The van der Waals surface area contributed by atoms with E-state index < -0.39 is 0 Å². The average molecular weight is 369 g/mol. The van der Waals surface area contributed by atoms with Gasteiger partial charge in [-0.2, -0.15) is 22.0 Å². The molecule has 1 fully saturated rings. The summed E-state index contributed by atoms with van der Waals surface area (Å²) in [7, 11) is 0. The van der Waals surface area contributed by atoms with E-state index in [-0.39, 0.29) is 11.6 Å². The molecule has 26 heavy (non-hydrogen) atoms. The molecule has 0 amide bonds. The summed E-state index contributed by atoms with van der Waals surface area (Å²) in [6, 6.07) is 4.28. The predicted octanol–water partition coefficient (Wildman–Crippen LogP) is 1.98. The number of rotatable bonds is 3. The fourth-order valence-electron chi connectivity index (χ4n) is 4.37. The molecule has 1 unspecified atom stereocenters. The molecule has 0 N–H and O–H groups in total. The third kappa shape index (κ3) is 2.92. The summed E-state index contributed by atoms with van der Waals surface area (Å²) in [5.74, 6) is 2.98. The highest BCUT2D eigenvalue weighted by molar-refractivity contribution is 7.98. The monoisotopic (exact) mass is 369 g/mol. The summed E-state index contributed by atoms with van der Waals surface area (Å²) in [4.78, 5) is 14.8. The molecule has 136 valence electrons. The maximum atomic E-state index is 12.5. The molecule has 2 aromatic rings. The van der Waals surface area contributed by atoms with Gasteiger partial charge in [-0.1, -0.05) is 0 Å². The van der Waals surface area contributed by atoms with Crippen LogP contribution in [0.1, 0.15) is 41.8 Å².